The van der Waals surface area contributed by atoms with Crippen LogP contribution in [-0.2, 0) is 13.5 Å². The van der Waals surface area contributed by atoms with E-state index >= 15 is 0 Å². The first-order chi connectivity index (χ1) is 9.01. The molecule has 0 unspecified atom stereocenters. The molecule has 1 heterocycles. The molecule has 2 rings (SSSR count). The number of nitrogens with two attached hydrogens (primary N) is 1. The van der Waals surface area contributed by atoms with Gasteiger partial charge < -0.3 is 11.1 Å². The number of hydrogen-bond donors (Lipinski definition) is 2. The van der Waals surface area contributed by atoms with E-state index in [1.165, 1.54) is 6.07 Å². The van der Waals surface area contributed by atoms with Crippen molar-refractivity contribution in [2.75, 3.05) is 11.1 Å². The van der Waals surface area contributed by atoms with Crippen LogP contribution in [0.3, 0.4) is 0 Å². The van der Waals surface area contributed by atoms with Crippen LogP contribution in [0.2, 0.25) is 0 Å². The number of aryl methyl sites for hydroxylation is 2. The molecule has 0 atom stereocenters. The molecule has 2 aromatic rings. The molecule has 19 heavy (non-hydrogen) atoms. The number of nitrogen functional groups attached to an aromatic ring is 1. The molecule has 7 heteroatoms. The highest BCUT2D eigenvalue weighted by molar-refractivity contribution is 5.70. The van der Waals surface area contributed by atoms with E-state index in [4.69, 9.17) is 5.73 Å². The number of rotatable bonds is 4. The van der Waals surface area contributed by atoms with Crippen molar-refractivity contribution in [3.05, 3.63) is 40.2 Å². The predicted molar refractivity (Wildman–Crippen MR) is 73.4 cm³/mol. The van der Waals surface area contributed by atoms with Gasteiger partial charge in [-0.1, -0.05) is 6.92 Å². The first-order valence-corrected chi connectivity index (χ1v) is 5.84. The normalized spacial score (nSPS) is 10.4. The van der Waals surface area contributed by atoms with E-state index < -0.39 is 4.92 Å². The summed E-state index contributed by atoms with van der Waals surface area (Å²) in [5, 5.41) is 18.2. The minimum Gasteiger partial charge on any atom is -0.393 e. The van der Waals surface area contributed by atoms with E-state index in [0.717, 1.165) is 17.8 Å². The minimum absolute atomic E-state index is 0.0903. The zero-order valence-corrected chi connectivity index (χ0v) is 10.8. The Bertz CT molecular complexity index is 621. The molecule has 0 bridgehead atoms. The third kappa shape index (κ3) is 2.65. The Hall–Kier alpha value is -2.57. The summed E-state index contributed by atoms with van der Waals surface area (Å²) in [4.78, 5) is 10.2. The second kappa shape index (κ2) is 4.97. The van der Waals surface area contributed by atoms with E-state index in [1.807, 2.05) is 20.2 Å². The van der Waals surface area contributed by atoms with E-state index in [2.05, 4.69) is 10.4 Å². The molecule has 0 saturated heterocycles. The molecule has 100 valence electrons. The van der Waals surface area contributed by atoms with Gasteiger partial charge >= 0.3 is 0 Å². The highest BCUT2D eigenvalue weighted by Crippen LogP contribution is 2.27. The molecular formula is C12H15N5O2. The van der Waals surface area contributed by atoms with Crippen molar-refractivity contribution >= 4 is 22.7 Å². The number of hydrogen-bond acceptors (Lipinski definition) is 5. The summed E-state index contributed by atoms with van der Waals surface area (Å²) in [6.45, 7) is 2.01. The number of nitrogens with one attached hydrogen (secondary N) is 1. The fraction of sp³-hybridized carbons (Fsp3) is 0.250. The van der Waals surface area contributed by atoms with Gasteiger partial charge in [0.2, 0.25) is 0 Å². The van der Waals surface area contributed by atoms with Crippen LogP contribution in [0.1, 0.15) is 12.6 Å². The standard InChI is InChI=1S/C12H15N5O2/c1-3-10-11(7-16(2)15-10)14-8-4-5-12(17(18)19)9(13)6-8/h4-7,14H,3,13H2,1-2H3. The van der Waals surface area contributed by atoms with Gasteiger partial charge in [-0.15, -0.1) is 0 Å². The zero-order valence-electron chi connectivity index (χ0n) is 10.8. The summed E-state index contributed by atoms with van der Waals surface area (Å²) >= 11 is 0. The summed E-state index contributed by atoms with van der Waals surface area (Å²) in [6.07, 6.45) is 2.65. The second-order valence-electron chi connectivity index (χ2n) is 4.17. The fourth-order valence-corrected chi connectivity index (χ4v) is 1.85. The Morgan fingerprint density at radius 1 is 1.53 bits per heavy atom. The predicted octanol–water partition coefficient (Wildman–Crippen LogP) is 2.22. The van der Waals surface area contributed by atoms with Crippen molar-refractivity contribution in [3.8, 4) is 0 Å². The van der Waals surface area contributed by atoms with Gasteiger partial charge in [0.25, 0.3) is 5.69 Å². The topological polar surface area (TPSA) is 99.0 Å². The third-order valence-corrected chi connectivity index (χ3v) is 2.74. The van der Waals surface area contributed by atoms with Crippen LogP contribution in [0.25, 0.3) is 0 Å². The average molecular weight is 261 g/mol. The molecule has 0 spiro atoms. The number of aromatic nitrogens is 2. The van der Waals surface area contributed by atoms with Crippen molar-refractivity contribution in [2.24, 2.45) is 7.05 Å². The zero-order chi connectivity index (χ0) is 14.0. The van der Waals surface area contributed by atoms with Gasteiger partial charge in [0.05, 0.1) is 16.3 Å². The quantitative estimate of drug-likeness (QED) is 0.499. The minimum atomic E-state index is -0.499. The number of nitro groups is 1. The Morgan fingerprint density at radius 2 is 2.26 bits per heavy atom. The lowest BCUT2D eigenvalue weighted by Crippen LogP contribution is -1.98. The van der Waals surface area contributed by atoms with E-state index in [-0.39, 0.29) is 11.4 Å². The van der Waals surface area contributed by atoms with Crippen LogP contribution in [0.4, 0.5) is 22.7 Å². The van der Waals surface area contributed by atoms with Crippen molar-refractivity contribution in [1.82, 2.24) is 9.78 Å². The van der Waals surface area contributed by atoms with Crippen LogP contribution in [-0.4, -0.2) is 14.7 Å². The van der Waals surface area contributed by atoms with Gasteiger partial charge in [-0.2, -0.15) is 5.10 Å². The SMILES string of the molecule is CCc1nn(C)cc1Nc1ccc([N+](=O)[O-])c(N)c1. The first-order valence-electron chi connectivity index (χ1n) is 5.84. The lowest BCUT2D eigenvalue weighted by molar-refractivity contribution is -0.383. The van der Waals surface area contributed by atoms with Crippen LogP contribution in [0.15, 0.2) is 24.4 Å². The molecule has 0 aliphatic rings. The van der Waals surface area contributed by atoms with Gasteiger partial charge in [-0.3, -0.25) is 14.8 Å². The van der Waals surface area contributed by atoms with Crippen LogP contribution < -0.4 is 11.1 Å². The van der Waals surface area contributed by atoms with Crippen molar-refractivity contribution in [3.63, 3.8) is 0 Å². The van der Waals surface area contributed by atoms with Gasteiger partial charge in [0.15, 0.2) is 0 Å². The summed E-state index contributed by atoms with van der Waals surface area (Å²) in [5.74, 6) is 0. The Morgan fingerprint density at radius 3 is 2.84 bits per heavy atom. The van der Waals surface area contributed by atoms with Gasteiger partial charge in [-0.05, 0) is 18.6 Å². The van der Waals surface area contributed by atoms with Crippen LogP contribution >= 0.6 is 0 Å². The molecule has 7 nitrogen and oxygen atoms in total. The highest BCUT2D eigenvalue weighted by atomic mass is 16.6. The smallest absolute Gasteiger partial charge is 0.292 e. The Labute approximate surface area is 110 Å². The number of nitrogens with zero attached hydrogens (tertiary/aromatic N) is 3. The van der Waals surface area contributed by atoms with E-state index in [0.29, 0.717) is 5.69 Å². The third-order valence-electron chi connectivity index (χ3n) is 2.74. The van der Waals surface area contributed by atoms with Gasteiger partial charge in [-0.25, -0.2) is 0 Å². The molecule has 0 saturated carbocycles. The summed E-state index contributed by atoms with van der Waals surface area (Å²) in [5.41, 5.74) is 8.20. The fourth-order valence-electron chi connectivity index (χ4n) is 1.85. The summed E-state index contributed by atoms with van der Waals surface area (Å²) in [7, 11) is 1.84. The average Bonchev–Trinajstić information content (AvgIpc) is 2.69. The second-order valence-corrected chi connectivity index (χ2v) is 4.17. The maximum Gasteiger partial charge on any atom is 0.292 e. The van der Waals surface area contributed by atoms with Crippen molar-refractivity contribution in [1.29, 1.82) is 0 Å². The first kappa shape index (κ1) is 12.9. The highest BCUT2D eigenvalue weighted by Gasteiger charge is 2.12. The lowest BCUT2D eigenvalue weighted by atomic mass is 10.2. The number of benzene rings is 1. The van der Waals surface area contributed by atoms with Crippen molar-refractivity contribution in [2.45, 2.75) is 13.3 Å². The van der Waals surface area contributed by atoms with Gasteiger partial charge in [0.1, 0.15) is 5.69 Å². The van der Waals surface area contributed by atoms with E-state index in [1.54, 1.807) is 16.8 Å². The molecule has 0 fully saturated rings. The number of anilines is 3. The Balaban J connectivity index is 2.28. The molecule has 3 N–H and O–H groups in total. The molecule has 1 aromatic heterocycles. The van der Waals surface area contributed by atoms with Crippen molar-refractivity contribution < 1.29 is 4.92 Å². The molecule has 0 aliphatic heterocycles. The molecular weight excluding hydrogens is 246 g/mol. The molecule has 1 aromatic carbocycles. The van der Waals surface area contributed by atoms with Crippen LogP contribution in [0, 0.1) is 10.1 Å². The largest absolute Gasteiger partial charge is 0.393 e. The maximum absolute atomic E-state index is 10.7. The Kier molecular flexibility index (Phi) is 3.37. The molecule has 0 aliphatic carbocycles. The monoisotopic (exact) mass is 261 g/mol. The van der Waals surface area contributed by atoms with Gasteiger partial charge in [0, 0.05) is 25.0 Å². The maximum atomic E-state index is 10.7. The molecule has 0 radical (unpaired) electrons. The number of nitro benzene ring substituents is 1. The van der Waals surface area contributed by atoms with E-state index in [9.17, 15) is 10.1 Å². The lowest BCUT2D eigenvalue weighted by Gasteiger charge is -2.06. The summed E-state index contributed by atoms with van der Waals surface area (Å²) in [6, 6.07) is 4.56. The molecule has 0 amide bonds. The summed E-state index contributed by atoms with van der Waals surface area (Å²) < 4.78 is 1.72. The van der Waals surface area contributed by atoms with Crippen LogP contribution in [0.5, 0.6) is 0 Å².